The van der Waals surface area contributed by atoms with Crippen LogP contribution in [0.3, 0.4) is 0 Å². The third kappa shape index (κ3) is 4.87. The van der Waals surface area contributed by atoms with Gasteiger partial charge in [0.05, 0.1) is 22.2 Å². The molecule has 1 aromatic carbocycles. The standard InChI is InChI=1S/C19H19Cl2NO3S/c1-4-13-11(3)26-18(17(13)19(24)25-5-2)22-16(23)9-7-12-6-8-14(20)15(21)10-12/h6-10H,4-5H2,1-3H3,(H,22,23)/b9-7+. The summed E-state index contributed by atoms with van der Waals surface area (Å²) in [6.45, 7) is 5.92. The topological polar surface area (TPSA) is 55.4 Å². The molecule has 0 fully saturated rings. The quantitative estimate of drug-likeness (QED) is 0.485. The summed E-state index contributed by atoms with van der Waals surface area (Å²) in [6.07, 6.45) is 3.70. The zero-order valence-corrected chi connectivity index (χ0v) is 17.0. The highest BCUT2D eigenvalue weighted by molar-refractivity contribution is 7.16. The molecule has 4 nitrogen and oxygen atoms in total. The van der Waals surface area contributed by atoms with Gasteiger partial charge in [-0.3, -0.25) is 4.79 Å². The van der Waals surface area contributed by atoms with Crippen LogP contribution < -0.4 is 5.32 Å². The number of rotatable bonds is 6. The van der Waals surface area contributed by atoms with Crippen LogP contribution >= 0.6 is 34.5 Å². The molecule has 0 aliphatic rings. The van der Waals surface area contributed by atoms with Gasteiger partial charge < -0.3 is 10.1 Å². The van der Waals surface area contributed by atoms with Crippen molar-refractivity contribution in [3.05, 3.63) is 55.9 Å². The van der Waals surface area contributed by atoms with Crippen LogP contribution in [-0.2, 0) is 16.0 Å². The van der Waals surface area contributed by atoms with Crippen molar-refractivity contribution in [3.8, 4) is 0 Å². The number of benzene rings is 1. The maximum absolute atomic E-state index is 12.3. The molecule has 138 valence electrons. The molecule has 7 heteroatoms. The Bertz CT molecular complexity index is 859. The molecule has 1 heterocycles. The highest BCUT2D eigenvalue weighted by Crippen LogP contribution is 2.34. The van der Waals surface area contributed by atoms with E-state index in [1.807, 2.05) is 13.8 Å². The minimum absolute atomic E-state index is 0.279. The van der Waals surface area contributed by atoms with Crippen molar-refractivity contribution in [1.82, 2.24) is 0 Å². The Balaban J connectivity index is 2.21. The Hall–Kier alpha value is -1.82. The van der Waals surface area contributed by atoms with Crippen molar-refractivity contribution in [2.24, 2.45) is 0 Å². The van der Waals surface area contributed by atoms with E-state index in [2.05, 4.69) is 5.32 Å². The average Bonchev–Trinajstić information content (AvgIpc) is 2.91. The summed E-state index contributed by atoms with van der Waals surface area (Å²) in [7, 11) is 0. The van der Waals surface area contributed by atoms with Gasteiger partial charge in [0, 0.05) is 11.0 Å². The van der Waals surface area contributed by atoms with Crippen LogP contribution in [0.15, 0.2) is 24.3 Å². The Kier molecular flexibility index (Phi) is 7.26. The molecule has 0 saturated carbocycles. The third-order valence-corrected chi connectivity index (χ3v) is 5.45. The lowest BCUT2D eigenvalue weighted by Crippen LogP contribution is -2.13. The van der Waals surface area contributed by atoms with E-state index in [4.69, 9.17) is 27.9 Å². The summed E-state index contributed by atoms with van der Waals surface area (Å²) in [5, 5.41) is 4.15. The zero-order chi connectivity index (χ0) is 19.3. The maximum Gasteiger partial charge on any atom is 0.341 e. The number of halogens is 2. The first-order chi connectivity index (χ1) is 12.4. The van der Waals surface area contributed by atoms with Crippen molar-refractivity contribution in [2.45, 2.75) is 27.2 Å². The fourth-order valence-electron chi connectivity index (χ4n) is 2.45. The van der Waals surface area contributed by atoms with Gasteiger partial charge in [0.25, 0.3) is 0 Å². The van der Waals surface area contributed by atoms with Gasteiger partial charge >= 0.3 is 5.97 Å². The smallest absolute Gasteiger partial charge is 0.341 e. The summed E-state index contributed by atoms with van der Waals surface area (Å²) >= 11 is 13.2. The highest BCUT2D eigenvalue weighted by atomic mass is 35.5. The molecule has 0 aliphatic heterocycles. The van der Waals surface area contributed by atoms with Crippen molar-refractivity contribution in [2.75, 3.05) is 11.9 Å². The number of anilines is 1. The first-order valence-corrected chi connectivity index (χ1v) is 9.68. The van der Waals surface area contributed by atoms with E-state index in [0.29, 0.717) is 27.0 Å². The number of nitrogens with one attached hydrogen (secondary N) is 1. The van der Waals surface area contributed by atoms with Gasteiger partial charge in [-0.05, 0) is 49.6 Å². The summed E-state index contributed by atoms with van der Waals surface area (Å²) < 4.78 is 5.13. The van der Waals surface area contributed by atoms with E-state index in [1.165, 1.54) is 17.4 Å². The molecule has 0 radical (unpaired) electrons. The fourth-order valence-corrected chi connectivity index (χ4v) is 3.90. The van der Waals surface area contributed by atoms with Gasteiger partial charge in [-0.25, -0.2) is 4.79 Å². The minimum atomic E-state index is -0.419. The fraction of sp³-hybridized carbons (Fsp3) is 0.263. The molecule has 0 unspecified atom stereocenters. The number of ether oxygens (including phenoxy) is 1. The van der Waals surface area contributed by atoms with E-state index in [-0.39, 0.29) is 12.5 Å². The average molecular weight is 412 g/mol. The molecule has 2 rings (SSSR count). The predicted molar refractivity (Wildman–Crippen MR) is 109 cm³/mol. The van der Waals surface area contributed by atoms with E-state index in [0.717, 1.165) is 16.0 Å². The second-order valence-corrected chi connectivity index (χ2v) is 7.45. The molecule has 0 spiro atoms. The molecule has 0 atom stereocenters. The lowest BCUT2D eigenvalue weighted by Gasteiger charge is -2.06. The predicted octanol–water partition coefficient (Wildman–Crippen LogP) is 5.75. The summed E-state index contributed by atoms with van der Waals surface area (Å²) in [6, 6.07) is 5.09. The molecule has 1 aromatic heterocycles. The molecular formula is C19H19Cl2NO3S. The van der Waals surface area contributed by atoms with Gasteiger partial charge in [0.2, 0.25) is 5.91 Å². The molecule has 26 heavy (non-hydrogen) atoms. The van der Waals surface area contributed by atoms with Crippen LogP contribution in [0.1, 0.15) is 40.2 Å². The zero-order valence-electron chi connectivity index (χ0n) is 14.7. The van der Waals surface area contributed by atoms with Crippen molar-refractivity contribution in [3.63, 3.8) is 0 Å². The van der Waals surface area contributed by atoms with Crippen LogP contribution in [0.2, 0.25) is 10.0 Å². The van der Waals surface area contributed by atoms with E-state index in [9.17, 15) is 9.59 Å². The molecule has 0 saturated heterocycles. The molecule has 1 amide bonds. The Morgan fingerprint density at radius 2 is 1.96 bits per heavy atom. The van der Waals surface area contributed by atoms with E-state index >= 15 is 0 Å². The number of esters is 1. The lowest BCUT2D eigenvalue weighted by atomic mass is 10.1. The Labute approximate surface area is 166 Å². The Morgan fingerprint density at radius 1 is 1.23 bits per heavy atom. The maximum atomic E-state index is 12.3. The molecular weight excluding hydrogens is 393 g/mol. The number of aryl methyl sites for hydroxylation is 1. The van der Waals surface area contributed by atoms with Gasteiger partial charge in [-0.1, -0.05) is 36.2 Å². The Morgan fingerprint density at radius 3 is 2.58 bits per heavy atom. The van der Waals surface area contributed by atoms with Gasteiger partial charge in [-0.2, -0.15) is 0 Å². The highest BCUT2D eigenvalue weighted by Gasteiger charge is 2.22. The van der Waals surface area contributed by atoms with Crippen LogP contribution in [0, 0.1) is 6.92 Å². The second-order valence-electron chi connectivity index (χ2n) is 5.41. The van der Waals surface area contributed by atoms with Crippen LogP contribution in [0.5, 0.6) is 0 Å². The monoisotopic (exact) mass is 411 g/mol. The van der Waals surface area contributed by atoms with Gasteiger partial charge in [0.15, 0.2) is 0 Å². The van der Waals surface area contributed by atoms with Crippen LogP contribution in [0.25, 0.3) is 6.08 Å². The number of thiophene rings is 1. The van der Waals surface area contributed by atoms with E-state index in [1.54, 1.807) is 31.2 Å². The summed E-state index contributed by atoms with van der Waals surface area (Å²) in [4.78, 5) is 25.5. The number of amides is 1. The first kappa shape index (κ1) is 20.5. The molecule has 0 aliphatic carbocycles. The van der Waals surface area contributed by atoms with Crippen molar-refractivity contribution < 1.29 is 14.3 Å². The SMILES string of the molecule is CCOC(=O)c1c(NC(=O)/C=C/c2ccc(Cl)c(Cl)c2)sc(C)c1CC. The summed E-state index contributed by atoms with van der Waals surface area (Å²) in [5.74, 6) is -0.761. The normalized spacial score (nSPS) is 11.0. The van der Waals surface area contributed by atoms with Crippen LogP contribution in [-0.4, -0.2) is 18.5 Å². The lowest BCUT2D eigenvalue weighted by molar-refractivity contribution is -0.111. The number of hydrogen-bond donors (Lipinski definition) is 1. The molecule has 2 aromatic rings. The van der Waals surface area contributed by atoms with E-state index < -0.39 is 5.97 Å². The third-order valence-electron chi connectivity index (χ3n) is 3.65. The number of carbonyl (C=O) groups is 2. The number of hydrogen-bond acceptors (Lipinski definition) is 4. The molecule has 0 bridgehead atoms. The molecule has 1 N–H and O–H groups in total. The van der Waals surface area contributed by atoms with Gasteiger partial charge in [0.1, 0.15) is 5.00 Å². The number of carbonyl (C=O) groups excluding carboxylic acids is 2. The second kappa shape index (κ2) is 9.21. The van der Waals surface area contributed by atoms with Crippen molar-refractivity contribution in [1.29, 1.82) is 0 Å². The van der Waals surface area contributed by atoms with Crippen molar-refractivity contribution >= 4 is 57.5 Å². The summed E-state index contributed by atoms with van der Waals surface area (Å²) in [5.41, 5.74) is 2.09. The van der Waals surface area contributed by atoms with Gasteiger partial charge in [-0.15, -0.1) is 11.3 Å². The minimum Gasteiger partial charge on any atom is -0.462 e. The largest absolute Gasteiger partial charge is 0.462 e. The van der Waals surface area contributed by atoms with Crippen LogP contribution in [0.4, 0.5) is 5.00 Å². The first-order valence-electron chi connectivity index (χ1n) is 8.10.